The SMILES string of the molecule is NC(=O)OCC(=O)c1ccccc1. The third-order valence-corrected chi connectivity index (χ3v) is 1.44. The highest BCUT2D eigenvalue weighted by molar-refractivity contribution is 5.97. The number of Topliss-reactive ketones (excluding diaryl/α,β-unsaturated/α-hetero) is 1. The van der Waals surface area contributed by atoms with E-state index in [-0.39, 0.29) is 12.4 Å². The van der Waals surface area contributed by atoms with Crippen LogP contribution in [0.4, 0.5) is 4.79 Å². The topological polar surface area (TPSA) is 69.4 Å². The summed E-state index contributed by atoms with van der Waals surface area (Å²) in [5, 5.41) is 0. The number of ether oxygens (including phenoxy) is 1. The maximum absolute atomic E-state index is 11.2. The molecule has 68 valence electrons. The summed E-state index contributed by atoms with van der Waals surface area (Å²) in [7, 11) is 0. The van der Waals surface area contributed by atoms with E-state index in [2.05, 4.69) is 4.74 Å². The number of carbonyl (C=O) groups excluding carboxylic acids is 2. The molecule has 0 aliphatic heterocycles. The summed E-state index contributed by atoms with van der Waals surface area (Å²) >= 11 is 0. The normalized spacial score (nSPS) is 9.23. The van der Waals surface area contributed by atoms with Crippen molar-refractivity contribution in [1.82, 2.24) is 0 Å². The van der Waals surface area contributed by atoms with E-state index in [1.807, 2.05) is 0 Å². The van der Waals surface area contributed by atoms with E-state index in [0.29, 0.717) is 5.56 Å². The summed E-state index contributed by atoms with van der Waals surface area (Å²) in [6, 6.07) is 8.56. The van der Waals surface area contributed by atoms with Crippen LogP contribution < -0.4 is 5.73 Å². The highest BCUT2D eigenvalue weighted by Gasteiger charge is 2.06. The molecule has 1 aromatic carbocycles. The summed E-state index contributed by atoms with van der Waals surface area (Å²) in [5.74, 6) is -0.264. The van der Waals surface area contributed by atoms with Gasteiger partial charge in [-0.3, -0.25) is 4.79 Å². The fourth-order valence-electron chi connectivity index (χ4n) is 0.844. The molecule has 0 radical (unpaired) electrons. The molecule has 2 N–H and O–H groups in total. The standard InChI is InChI=1S/C9H9NO3/c10-9(12)13-6-8(11)7-4-2-1-3-5-7/h1-5H,6H2,(H2,10,12). The van der Waals surface area contributed by atoms with Crippen LogP contribution in [0.2, 0.25) is 0 Å². The second-order valence-electron chi connectivity index (χ2n) is 2.40. The molecule has 0 aliphatic carbocycles. The van der Waals surface area contributed by atoms with Gasteiger partial charge in [-0.15, -0.1) is 0 Å². The van der Waals surface area contributed by atoms with Crippen LogP contribution in [0.1, 0.15) is 10.4 Å². The van der Waals surface area contributed by atoms with Gasteiger partial charge in [-0.05, 0) is 0 Å². The number of hydrogen-bond acceptors (Lipinski definition) is 3. The molecule has 13 heavy (non-hydrogen) atoms. The van der Waals surface area contributed by atoms with Crippen molar-refractivity contribution in [3.8, 4) is 0 Å². The summed E-state index contributed by atoms with van der Waals surface area (Å²) in [5.41, 5.74) is 5.21. The van der Waals surface area contributed by atoms with E-state index in [1.54, 1.807) is 30.3 Å². The molecule has 1 rings (SSSR count). The van der Waals surface area contributed by atoms with Crippen LogP contribution in [0.15, 0.2) is 30.3 Å². The van der Waals surface area contributed by atoms with E-state index >= 15 is 0 Å². The molecule has 0 unspecified atom stereocenters. The van der Waals surface area contributed by atoms with E-state index in [9.17, 15) is 9.59 Å². The Morgan fingerprint density at radius 1 is 1.23 bits per heavy atom. The van der Waals surface area contributed by atoms with E-state index in [1.165, 1.54) is 0 Å². The summed E-state index contributed by atoms with van der Waals surface area (Å²) in [6.45, 7) is -0.306. The smallest absolute Gasteiger partial charge is 0.404 e. The second-order valence-corrected chi connectivity index (χ2v) is 2.40. The Morgan fingerprint density at radius 3 is 2.38 bits per heavy atom. The average Bonchev–Trinajstić information content (AvgIpc) is 2.15. The Balaban J connectivity index is 2.54. The van der Waals surface area contributed by atoms with Crippen LogP contribution >= 0.6 is 0 Å². The molecule has 0 atom stereocenters. The van der Waals surface area contributed by atoms with Crippen molar-refractivity contribution >= 4 is 11.9 Å². The Bertz CT molecular complexity index is 308. The van der Waals surface area contributed by atoms with Gasteiger partial charge in [0, 0.05) is 5.56 Å². The number of hydrogen-bond donors (Lipinski definition) is 1. The van der Waals surface area contributed by atoms with Crippen LogP contribution in [0, 0.1) is 0 Å². The van der Waals surface area contributed by atoms with Gasteiger partial charge in [0.05, 0.1) is 0 Å². The van der Waals surface area contributed by atoms with Gasteiger partial charge in [0.15, 0.2) is 12.4 Å². The third-order valence-electron chi connectivity index (χ3n) is 1.44. The van der Waals surface area contributed by atoms with Crippen molar-refractivity contribution in [3.63, 3.8) is 0 Å². The van der Waals surface area contributed by atoms with Gasteiger partial charge in [0.2, 0.25) is 0 Å². The summed E-state index contributed by atoms with van der Waals surface area (Å²) < 4.78 is 4.35. The number of nitrogens with two attached hydrogens (primary N) is 1. The van der Waals surface area contributed by atoms with Crippen molar-refractivity contribution in [2.75, 3.05) is 6.61 Å². The van der Waals surface area contributed by atoms with E-state index in [0.717, 1.165) is 0 Å². The first-order valence-corrected chi connectivity index (χ1v) is 3.70. The molecule has 0 spiro atoms. The zero-order valence-electron chi connectivity index (χ0n) is 6.90. The number of carbonyl (C=O) groups is 2. The lowest BCUT2D eigenvalue weighted by Crippen LogP contribution is -2.18. The molecule has 0 heterocycles. The van der Waals surface area contributed by atoms with Crippen molar-refractivity contribution in [3.05, 3.63) is 35.9 Å². The Labute approximate surface area is 75.3 Å². The van der Waals surface area contributed by atoms with Crippen LogP contribution in [0.5, 0.6) is 0 Å². The van der Waals surface area contributed by atoms with Gasteiger partial charge in [0.1, 0.15) is 0 Å². The van der Waals surface area contributed by atoms with Gasteiger partial charge in [-0.2, -0.15) is 0 Å². The van der Waals surface area contributed by atoms with Gasteiger partial charge >= 0.3 is 6.09 Å². The van der Waals surface area contributed by atoms with E-state index in [4.69, 9.17) is 5.73 Å². The predicted octanol–water partition coefficient (Wildman–Crippen LogP) is 0.965. The predicted molar refractivity (Wildman–Crippen MR) is 46.3 cm³/mol. The first kappa shape index (κ1) is 9.25. The number of primary amides is 1. The second kappa shape index (κ2) is 4.25. The largest absolute Gasteiger partial charge is 0.441 e. The molecule has 0 fully saturated rings. The third kappa shape index (κ3) is 2.94. The fraction of sp³-hybridized carbons (Fsp3) is 0.111. The monoisotopic (exact) mass is 179 g/mol. The number of amides is 1. The molecule has 0 saturated heterocycles. The Morgan fingerprint density at radius 2 is 1.85 bits per heavy atom. The van der Waals surface area contributed by atoms with Crippen LogP contribution in [0.3, 0.4) is 0 Å². The maximum Gasteiger partial charge on any atom is 0.404 e. The average molecular weight is 179 g/mol. The van der Waals surface area contributed by atoms with Crippen molar-refractivity contribution in [2.45, 2.75) is 0 Å². The summed E-state index contributed by atoms with van der Waals surface area (Å²) in [4.78, 5) is 21.4. The lowest BCUT2D eigenvalue weighted by atomic mass is 10.1. The van der Waals surface area contributed by atoms with Gasteiger partial charge in [-0.25, -0.2) is 4.79 Å². The van der Waals surface area contributed by atoms with Gasteiger partial charge < -0.3 is 10.5 Å². The van der Waals surface area contributed by atoms with Crippen LogP contribution in [-0.2, 0) is 4.74 Å². The first-order chi connectivity index (χ1) is 6.20. The van der Waals surface area contributed by atoms with Crippen LogP contribution in [0.25, 0.3) is 0 Å². The Kier molecular flexibility index (Phi) is 3.03. The highest BCUT2D eigenvalue weighted by Crippen LogP contribution is 1.99. The van der Waals surface area contributed by atoms with Crippen LogP contribution in [-0.4, -0.2) is 18.5 Å². The molecule has 0 aromatic heterocycles. The number of ketones is 1. The Hall–Kier alpha value is -1.84. The molecule has 4 heteroatoms. The quantitative estimate of drug-likeness (QED) is 0.702. The lowest BCUT2D eigenvalue weighted by Gasteiger charge is -1.99. The number of benzene rings is 1. The zero-order chi connectivity index (χ0) is 9.68. The molecule has 0 aliphatic rings. The molecule has 4 nitrogen and oxygen atoms in total. The highest BCUT2D eigenvalue weighted by atomic mass is 16.5. The molecule has 1 amide bonds. The van der Waals surface area contributed by atoms with Gasteiger partial charge in [-0.1, -0.05) is 30.3 Å². The first-order valence-electron chi connectivity index (χ1n) is 3.70. The number of rotatable bonds is 3. The molecular weight excluding hydrogens is 170 g/mol. The van der Waals surface area contributed by atoms with Crippen molar-refractivity contribution in [2.24, 2.45) is 5.73 Å². The molecule has 0 bridgehead atoms. The minimum absolute atomic E-state index is 0.264. The van der Waals surface area contributed by atoms with Crippen molar-refractivity contribution < 1.29 is 14.3 Å². The molecular formula is C9H9NO3. The van der Waals surface area contributed by atoms with Crippen molar-refractivity contribution in [1.29, 1.82) is 0 Å². The lowest BCUT2D eigenvalue weighted by molar-refractivity contribution is 0.0857. The minimum atomic E-state index is -0.940. The fourth-order valence-corrected chi connectivity index (χ4v) is 0.844. The zero-order valence-corrected chi connectivity index (χ0v) is 6.90. The molecule has 0 saturated carbocycles. The van der Waals surface area contributed by atoms with E-state index < -0.39 is 6.09 Å². The van der Waals surface area contributed by atoms with Gasteiger partial charge in [0.25, 0.3) is 0 Å². The maximum atomic E-state index is 11.2. The summed E-state index contributed by atoms with van der Waals surface area (Å²) in [6.07, 6.45) is -0.940. The minimum Gasteiger partial charge on any atom is -0.441 e. The molecule has 1 aromatic rings.